The summed E-state index contributed by atoms with van der Waals surface area (Å²) in [5.41, 5.74) is 0.982. The molecule has 1 aliphatic heterocycles. The highest BCUT2D eigenvalue weighted by atomic mass is 35.5. The molecular formula is C11H17ClNO2+. The Bertz CT molecular complexity index is 324. The first-order chi connectivity index (χ1) is 6.77. The van der Waals surface area contributed by atoms with Crippen molar-refractivity contribution < 1.29 is 15.5 Å². The molecule has 84 valence electrons. The predicted molar refractivity (Wildman–Crippen MR) is 60.7 cm³/mol. The Morgan fingerprint density at radius 1 is 1.13 bits per heavy atom. The van der Waals surface area contributed by atoms with Gasteiger partial charge in [0.2, 0.25) is 0 Å². The summed E-state index contributed by atoms with van der Waals surface area (Å²) in [6.07, 6.45) is 2.22. The highest BCUT2D eigenvalue weighted by Crippen LogP contribution is 2.33. The fourth-order valence-electron chi connectivity index (χ4n) is 2.12. The van der Waals surface area contributed by atoms with E-state index < -0.39 is 0 Å². The molecule has 0 bridgehead atoms. The standard InChI is InChI=1S/C11H15NO2.ClH/c13-9-1-2-10(11(14)7-9)8-3-5-12-6-4-8;/h1-2,7-8,12-14H,3-6H2;1H/p+1. The SMILES string of the molecule is Cl.Oc1ccc(C2CC[NH2+]CC2)c(O)c1. The van der Waals surface area contributed by atoms with E-state index in [0.29, 0.717) is 5.92 Å². The first kappa shape index (κ1) is 12.1. The monoisotopic (exact) mass is 230 g/mol. The Morgan fingerprint density at radius 2 is 1.80 bits per heavy atom. The van der Waals surface area contributed by atoms with E-state index >= 15 is 0 Å². The fraction of sp³-hybridized carbons (Fsp3) is 0.455. The van der Waals surface area contributed by atoms with Crippen LogP contribution in [0.4, 0.5) is 0 Å². The normalized spacial score (nSPS) is 17.1. The molecule has 1 saturated heterocycles. The molecule has 3 nitrogen and oxygen atoms in total. The van der Waals surface area contributed by atoms with Crippen LogP contribution in [0, 0.1) is 0 Å². The number of piperidine rings is 1. The van der Waals surface area contributed by atoms with Crippen LogP contribution < -0.4 is 5.32 Å². The minimum Gasteiger partial charge on any atom is -0.508 e. The molecule has 0 atom stereocenters. The van der Waals surface area contributed by atoms with Crippen molar-refractivity contribution >= 4 is 12.4 Å². The van der Waals surface area contributed by atoms with Crippen LogP contribution in [0.5, 0.6) is 11.5 Å². The third-order valence-corrected chi connectivity index (χ3v) is 2.89. The first-order valence-electron chi connectivity index (χ1n) is 5.11. The summed E-state index contributed by atoms with van der Waals surface area (Å²) in [7, 11) is 0. The maximum Gasteiger partial charge on any atom is 0.122 e. The molecule has 4 heteroatoms. The van der Waals surface area contributed by atoms with Crippen LogP contribution in [-0.4, -0.2) is 23.3 Å². The van der Waals surface area contributed by atoms with E-state index in [-0.39, 0.29) is 23.9 Å². The molecule has 1 aliphatic rings. The molecule has 4 N–H and O–H groups in total. The van der Waals surface area contributed by atoms with Gasteiger partial charge in [0.1, 0.15) is 11.5 Å². The molecule has 15 heavy (non-hydrogen) atoms. The van der Waals surface area contributed by atoms with E-state index in [1.807, 2.05) is 6.07 Å². The zero-order valence-corrected chi connectivity index (χ0v) is 9.33. The predicted octanol–water partition coefficient (Wildman–Crippen LogP) is 0.960. The highest BCUT2D eigenvalue weighted by Gasteiger charge is 2.20. The van der Waals surface area contributed by atoms with Gasteiger partial charge in [0.15, 0.2) is 0 Å². The van der Waals surface area contributed by atoms with Crippen LogP contribution in [0.1, 0.15) is 24.3 Å². The van der Waals surface area contributed by atoms with E-state index in [1.165, 1.54) is 6.07 Å². The number of hydrogen-bond acceptors (Lipinski definition) is 2. The number of nitrogens with two attached hydrogens (primary N) is 1. The minimum absolute atomic E-state index is 0. The number of phenols is 2. The van der Waals surface area contributed by atoms with Crippen molar-refractivity contribution in [2.45, 2.75) is 18.8 Å². The second-order valence-electron chi connectivity index (χ2n) is 3.88. The summed E-state index contributed by atoms with van der Waals surface area (Å²) in [4.78, 5) is 0. The molecule has 0 unspecified atom stereocenters. The molecule has 0 spiro atoms. The Labute approximate surface area is 95.5 Å². The summed E-state index contributed by atoms with van der Waals surface area (Å²) in [5.74, 6) is 0.825. The zero-order valence-electron chi connectivity index (χ0n) is 8.52. The summed E-state index contributed by atoms with van der Waals surface area (Å²) in [6.45, 7) is 2.26. The van der Waals surface area contributed by atoms with Crippen LogP contribution in [0.3, 0.4) is 0 Å². The van der Waals surface area contributed by atoms with Gasteiger partial charge in [-0.3, -0.25) is 0 Å². The number of rotatable bonds is 1. The second-order valence-corrected chi connectivity index (χ2v) is 3.88. The zero-order chi connectivity index (χ0) is 9.97. The molecule has 0 saturated carbocycles. The van der Waals surface area contributed by atoms with E-state index in [9.17, 15) is 5.11 Å². The third-order valence-electron chi connectivity index (χ3n) is 2.89. The smallest absolute Gasteiger partial charge is 0.122 e. The summed E-state index contributed by atoms with van der Waals surface area (Å²) in [6, 6.07) is 4.90. The molecule has 0 amide bonds. The number of quaternary nitrogens is 1. The van der Waals surface area contributed by atoms with Gasteiger partial charge in [0, 0.05) is 18.9 Å². The Hall–Kier alpha value is -0.930. The van der Waals surface area contributed by atoms with Gasteiger partial charge in [-0.15, -0.1) is 12.4 Å². The maximum absolute atomic E-state index is 9.67. The molecule has 1 aromatic carbocycles. The van der Waals surface area contributed by atoms with E-state index in [0.717, 1.165) is 31.5 Å². The lowest BCUT2D eigenvalue weighted by Gasteiger charge is -2.21. The molecule has 1 aromatic rings. The average Bonchev–Trinajstić information content (AvgIpc) is 2.19. The van der Waals surface area contributed by atoms with Crippen molar-refractivity contribution in [1.29, 1.82) is 0 Å². The lowest BCUT2D eigenvalue weighted by atomic mass is 9.89. The van der Waals surface area contributed by atoms with Gasteiger partial charge in [-0.25, -0.2) is 0 Å². The topological polar surface area (TPSA) is 57.1 Å². The van der Waals surface area contributed by atoms with E-state index in [2.05, 4.69) is 5.32 Å². The maximum atomic E-state index is 9.67. The molecule has 1 heterocycles. The fourth-order valence-corrected chi connectivity index (χ4v) is 2.12. The van der Waals surface area contributed by atoms with Gasteiger partial charge >= 0.3 is 0 Å². The molecule has 0 radical (unpaired) electrons. The van der Waals surface area contributed by atoms with Crippen molar-refractivity contribution in [3.63, 3.8) is 0 Å². The van der Waals surface area contributed by atoms with Crippen molar-refractivity contribution in [3.05, 3.63) is 23.8 Å². The Balaban J connectivity index is 0.00000112. The van der Waals surface area contributed by atoms with Gasteiger partial charge < -0.3 is 15.5 Å². The number of benzene rings is 1. The minimum atomic E-state index is 0. The number of halogens is 1. The lowest BCUT2D eigenvalue weighted by Crippen LogP contribution is -2.86. The largest absolute Gasteiger partial charge is 0.508 e. The van der Waals surface area contributed by atoms with Crippen molar-refractivity contribution in [1.82, 2.24) is 0 Å². The van der Waals surface area contributed by atoms with Crippen LogP contribution in [0.15, 0.2) is 18.2 Å². The molecular weight excluding hydrogens is 214 g/mol. The average molecular weight is 231 g/mol. The summed E-state index contributed by atoms with van der Waals surface area (Å²) >= 11 is 0. The molecule has 1 fully saturated rings. The van der Waals surface area contributed by atoms with Crippen molar-refractivity contribution in [2.24, 2.45) is 0 Å². The highest BCUT2D eigenvalue weighted by molar-refractivity contribution is 5.85. The number of hydrogen-bond donors (Lipinski definition) is 3. The second kappa shape index (κ2) is 5.24. The third kappa shape index (κ3) is 2.76. The van der Waals surface area contributed by atoms with Gasteiger partial charge in [0.05, 0.1) is 13.1 Å². The van der Waals surface area contributed by atoms with Gasteiger partial charge in [-0.1, -0.05) is 6.07 Å². The van der Waals surface area contributed by atoms with E-state index in [1.54, 1.807) is 6.07 Å². The van der Waals surface area contributed by atoms with Crippen LogP contribution in [0.25, 0.3) is 0 Å². The Kier molecular flexibility index (Phi) is 4.24. The van der Waals surface area contributed by atoms with Gasteiger partial charge in [-0.2, -0.15) is 0 Å². The van der Waals surface area contributed by atoms with Crippen LogP contribution in [0.2, 0.25) is 0 Å². The summed E-state index contributed by atoms with van der Waals surface area (Å²) in [5, 5.41) is 21.1. The quantitative estimate of drug-likeness (QED) is 0.673. The molecule has 0 aliphatic carbocycles. The number of phenolic OH excluding ortho intramolecular Hbond substituents is 2. The van der Waals surface area contributed by atoms with Gasteiger partial charge in [-0.05, 0) is 17.5 Å². The number of aromatic hydroxyl groups is 2. The lowest BCUT2D eigenvalue weighted by molar-refractivity contribution is -0.663. The van der Waals surface area contributed by atoms with E-state index in [4.69, 9.17) is 5.11 Å². The van der Waals surface area contributed by atoms with Crippen molar-refractivity contribution in [3.8, 4) is 11.5 Å². The first-order valence-corrected chi connectivity index (χ1v) is 5.11. The van der Waals surface area contributed by atoms with Crippen molar-refractivity contribution in [2.75, 3.05) is 13.1 Å². The van der Waals surface area contributed by atoms with Gasteiger partial charge in [0.25, 0.3) is 0 Å². The Morgan fingerprint density at radius 3 is 2.40 bits per heavy atom. The van der Waals surface area contributed by atoms with Crippen LogP contribution >= 0.6 is 12.4 Å². The van der Waals surface area contributed by atoms with Crippen LogP contribution in [-0.2, 0) is 0 Å². The molecule has 2 rings (SSSR count). The molecule has 0 aromatic heterocycles. The summed E-state index contributed by atoms with van der Waals surface area (Å²) < 4.78 is 0.